The Labute approximate surface area is 108 Å². The van der Waals surface area contributed by atoms with Crippen molar-refractivity contribution in [3.63, 3.8) is 0 Å². The molecule has 0 bridgehead atoms. The Balaban J connectivity index is 2.52. The molecule has 98 valence electrons. The van der Waals surface area contributed by atoms with Gasteiger partial charge in [0.1, 0.15) is 0 Å². The maximum atomic E-state index is 12.0. The molecule has 0 fully saturated rings. The molecule has 0 heterocycles. The Morgan fingerprint density at radius 1 is 1.11 bits per heavy atom. The second-order valence-corrected chi connectivity index (χ2v) is 4.15. The van der Waals surface area contributed by atoms with Crippen LogP contribution in [-0.2, 0) is 16.0 Å². The molecule has 0 aliphatic heterocycles. The van der Waals surface area contributed by atoms with Crippen LogP contribution in [0.15, 0.2) is 24.3 Å². The molecule has 0 saturated heterocycles. The molecule has 0 saturated carbocycles. The molecular formula is C15H20O3. The highest BCUT2D eigenvalue weighted by atomic mass is 16.5. The monoisotopic (exact) mass is 248 g/mol. The average molecular weight is 248 g/mol. The molecule has 0 aliphatic rings. The summed E-state index contributed by atoms with van der Waals surface area (Å²) in [6, 6.07) is 7.54. The maximum absolute atomic E-state index is 12.0. The Morgan fingerprint density at radius 3 is 2.50 bits per heavy atom. The van der Waals surface area contributed by atoms with E-state index in [4.69, 9.17) is 4.74 Å². The molecule has 18 heavy (non-hydrogen) atoms. The third-order valence-electron chi connectivity index (χ3n) is 2.72. The van der Waals surface area contributed by atoms with Crippen molar-refractivity contribution < 1.29 is 14.3 Å². The summed E-state index contributed by atoms with van der Waals surface area (Å²) >= 11 is 0. The number of benzene rings is 1. The van der Waals surface area contributed by atoms with Crippen molar-refractivity contribution in [3.05, 3.63) is 35.4 Å². The van der Waals surface area contributed by atoms with Gasteiger partial charge in [-0.15, -0.1) is 0 Å². The van der Waals surface area contributed by atoms with Crippen LogP contribution < -0.4 is 0 Å². The minimum atomic E-state index is -0.292. The van der Waals surface area contributed by atoms with Gasteiger partial charge in [-0.25, -0.2) is 0 Å². The Hall–Kier alpha value is -1.64. The lowest BCUT2D eigenvalue weighted by molar-refractivity contribution is -0.143. The summed E-state index contributed by atoms with van der Waals surface area (Å²) in [5.41, 5.74) is 1.76. The summed E-state index contributed by atoms with van der Waals surface area (Å²) in [7, 11) is 0. The van der Waals surface area contributed by atoms with Crippen molar-refractivity contribution in [2.45, 2.75) is 39.5 Å². The van der Waals surface area contributed by atoms with Crippen molar-refractivity contribution in [3.8, 4) is 0 Å². The first-order chi connectivity index (χ1) is 8.69. The quantitative estimate of drug-likeness (QED) is 0.550. The van der Waals surface area contributed by atoms with Crippen molar-refractivity contribution >= 4 is 11.8 Å². The van der Waals surface area contributed by atoms with Gasteiger partial charge in [0.2, 0.25) is 0 Å². The van der Waals surface area contributed by atoms with Gasteiger partial charge >= 0.3 is 5.97 Å². The fourth-order valence-electron chi connectivity index (χ4n) is 1.74. The molecule has 0 spiro atoms. The average Bonchev–Trinajstić information content (AvgIpc) is 2.42. The highest BCUT2D eigenvalue weighted by Gasteiger charge is 2.12. The van der Waals surface area contributed by atoms with Crippen LogP contribution in [0.2, 0.25) is 0 Å². The molecule has 1 rings (SSSR count). The second-order valence-electron chi connectivity index (χ2n) is 4.15. The Bertz CT molecular complexity index is 410. The molecule has 0 aliphatic carbocycles. The summed E-state index contributed by atoms with van der Waals surface area (Å²) in [4.78, 5) is 23.3. The number of ketones is 1. The van der Waals surface area contributed by atoms with E-state index in [2.05, 4.69) is 0 Å². The van der Waals surface area contributed by atoms with Crippen LogP contribution in [0, 0.1) is 0 Å². The number of esters is 1. The molecule has 0 aromatic heterocycles. The van der Waals surface area contributed by atoms with E-state index in [0.717, 1.165) is 24.0 Å². The van der Waals surface area contributed by atoms with Gasteiger partial charge in [0, 0.05) is 12.0 Å². The molecule has 3 nitrogen and oxygen atoms in total. The number of Topliss-reactive ketones (excluding diaryl/α,β-unsaturated/α-hetero) is 1. The molecule has 0 unspecified atom stereocenters. The second kappa shape index (κ2) is 7.64. The van der Waals surface area contributed by atoms with Gasteiger partial charge in [-0.1, -0.05) is 38.1 Å². The number of ether oxygens (including phenoxy) is 1. The molecule has 0 radical (unpaired) electrons. The molecule has 3 heteroatoms. The fraction of sp³-hybridized carbons (Fsp3) is 0.467. The molecule has 1 aromatic carbocycles. The largest absolute Gasteiger partial charge is 0.466 e. The van der Waals surface area contributed by atoms with Crippen molar-refractivity contribution in [2.24, 2.45) is 0 Å². The lowest BCUT2D eigenvalue weighted by atomic mass is 9.99. The Morgan fingerprint density at radius 2 is 1.83 bits per heavy atom. The van der Waals surface area contributed by atoms with Crippen molar-refractivity contribution in [2.75, 3.05) is 6.61 Å². The number of carbonyl (C=O) groups excluding carboxylic acids is 2. The van der Waals surface area contributed by atoms with Gasteiger partial charge in [-0.3, -0.25) is 9.59 Å². The zero-order valence-electron chi connectivity index (χ0n) is 11.1. The molecule has 0 N–H and O–H groups in total. The number of carbonyl (C=O) groups is 2. The van der Waals surface area contributed by atoms with Crippen LogP contribution >= 0.6 is 0 Å². The van der Waals surface area contributed by atoms with Gasteiger partial charge in [0.15, 0.2) is 5.78 Å². The van der Waals surface area contributed by atoms with Crippen molar-refractivity contribution in [1.29, 1.82) is 0 Å². The van der Waals surface area contributed by atoms with E-state index in [-0.39, 0.29) is 24.6 Å². The zero-order valence-corrected chi connectivity index (χ0v) is 11.1. The smallest absolute Gasteiger partial charge is 0.306 e. The summed E-state index contributed by atoms with van der Waals surface area (Å²) in [5.74, 6) is -0.278. The normalized spacial score (nSPS) is 10.1. The van der Waals surface area contributed by atoms with Gasteiger partial charge in [-0.05, 0) is 18.4 Å². The van der Waals surface area contributed by atoms with Crippen molar-refractivity contribution in [1.82, 2.24) is 0 Å². The number of hydrogen-bond acceptors (Lipinski definition) is 3. The van der Waals surface area contributed by atoms with Crippen LogP contribution in [0.1, 0.15) is 49.0 Å². The minimum Gasteiger partial charge on any atom is -0.466 e. The van der Waals surface area contributed by atoms with Crippen LogP contribution in [0.3, 0.4) is 0 Å². The van der Waals surface area contributed by atoms with Crippen LogP contribution in [0.5, 0.6) is 0 Å². The van der Waals surface area contributed by atoms with Gasteiger partial charge in [0.25, 0.3) is 0 Å². The predicted octanol–water partition coefficient (Wildman–Crippen LogP) is 3.17. The summed E-state index contributed by atoms with van der Waals surface area (Å²) < 4.78 is 4.94. The zero-order chi connectivity index (χ0) is 13.4. The van der Waals surface area contributed by atoms with Crippen LogP contribution in [-0.4, -0.2) is 18.4 Å². The van der Waals surface area contributed by atoms with Crippen LogP contribution in [0.4, 0.5) is 0 Å². The van der Waals surface area contributed by atoms with Gasteiger partial charge in [-0.2, -0.15) is 0 Å². The fourth-order valence-corrected chi connectivity index (χ4v) is 1.74. The lowest BCUT2D eigenvalue weighted by Crippen LogP contribution is -2.10. The summed E-state index contributed by atoms with van der Waals surface area (Å²) in [5, 5.41) is 0. The summed E-state index contributed by atoms with van der Waals surface area (Å²) in [6.45, 7) is 4.39. The van der Waals surface area contributed by atoms with Gasteiger partial charge < -0.3 is 4.74 Å². The standard InChI is InChI=1S/C15H20O3/c1-3-11-18-15(17)10-9-14(16)13-8-6-5-7-12(13)4-2/h5-8H,3-4,9-11H2,1-2H3. The maximum Gasteiger partial charge on any atom is 0.306 e. The van der Waals surface area contributed by atoms with E-state index in [9.17, 15) is 9.59 Å². The first kappa shape index (κ1) is 14.4. The van der Waals surface area contributed by atoms with E-state index in [1.807, 2.05) is 38.1 Å². The highest BCUT2D eigenvalue weighted by molar-refractivity contribution is 5.98. The molecular weight excluding hydrogens is 228 g/mol. The van der Waals surface area contributed by atoms with Crippen LogP contribution in [0.25, 0.3) is 0 Å². The molecule has 1 aromatic rings. The van der Waals surface area contributed by atoms with Gasteiger partial charge in [0.05, 0.1) is 13.0 Å². The van der Waals surface area contributed by atoms with E-state index in [1.54, 1.807) is 0 Å². The number of aryl methyl sites for hydroxylation is 1. The minimum absolute atomic E-state index is 0.0147. The summed E-state index contributed by atoms with van der Waals surface area (Å²) in [6.07, 6.45) is 2.01. The van der Waals surface area contributed by atoms with E-state index in [1.165, 1.54) is 0 Å². The third kappa shape index (κ3) is 4.32. The molecule has 0 amide bonds. The first-order valence-electron chi connectivity index (χ1n) is 6.45. The third-order valence-corrected chi connectivity index (χ3v) is 2.72. The topological polar surface area (TPSA) is 43.4 Å². The van der Waals surface area contributed by atoms with E-state index in [0.29, 0.717) is 6.61 Å². The molecule has 0 atom stereocenters. The number of hydrogen-bond donors (Lipinski definition) is 0. The lowest BCUT2D eigenvalue weighted by Gasteiger charge is -2.06. The first-order valence-corrected chi connectivity index (χ1v) is 6.45. The Kier molecular flexibility index (Phi) is 6.12. The predicted molar refractivity (Wildman–Crippen MR) is 70.6 cm³/mol. The highest BCUT2D eigenvalue weighted by Crippen LogP contribution is 2.13. The number of rotatable bonds is 7. The van der Waals surface area contributed by atoms with E-state index >= 15 is 0 Å². The van der Waals surface area contributed by atoms with E-state index < -0.39 is 0 Å². The SMILES string of the molecule is CCCOC(=O)CCC(=O)c1ccccc1CC.